The van der Waals surface area contributed by atoms with Gasteiger partial charge in [-0.1, -0.05) is 13.8 Å². The molecule has 0 saturated heterocycles. The van der Waals surface area contributed by atoms with Crippen molar-refractivity contribution >= 4 is 21.8 Å². The van der Waals surface area contributed by atoms with Crippen LogP contribution >= 0.6 is 15.9 Å². The van der Waals surface area contributed by atoms with Crippen molar-refractivity contribution in [1.29, 1.82) is 0 Å². The zero-order chi connectivity index (χ0) is 13.6. The molecule has 0 aliphatic rings. The highest BCUT2D eigenvalue weighted by molar-refractivity contribution is 9.10. The number of carbonyl (C=O) groups is 1. The van der Waals surface area contributed by atoms with Gasteiger partial charge in [-0.25, -0.2) is 4.98 Å². The average Bonchev–Trinajstić information content (AvgIpc) is 2.35. The van der Waals surface area contributed by atoms with Crippen molar-refractivity contribution in [3.05, 3.63) is 28.5 Å². The maximum Gasteiger partial charge on any atom is 0.252 e. The number of ether oxygens (including phenoxy) is 1. The van der Waals surface area contributed by atoms with E-state index in [-0.39, 0.29) is 11.3 Å². The van der Waals surface area contributed by atoms with Crippen LogP contribution in [-0.4, -0.2) is 31.2 Å². The third kappa shape index (κ3) is 5.14. The zero-order valence-electron chi connectivity index (χ0n) is 11.0. The molecule has 1 N–H and O–H groups in total. The largest absolute Gasteiger partial charge is 0.385 e. The Bertz CT molecular complexity index is 390. The number of aromatic nitrogens is 1. The van der Waals surface area contributed by atoms with Crippen LogP contribution < -0.4 is 5.32 Å². The first-order valence-electron chi connectivity index (χ1n) is 5.83. The van der Waals surface area contributed by atoms with Gasteiger partial charge in [-0.2, -0.15) is 0 Å². The summed E-state index contributed by atoms with van der Waals surface area (Å²) in [4.78, 5) is 15.9. The van der Waals surface area contributed by atoms with E-state index in [2.05, 4.69) is 40.1 Å². The molecule has 1 rings (SSSR count). The highest BCUT2D eigenvalue weighted by Gasteiger charge is 2.19. The van der Waals surface area contributed by atoms with Crippen molar-refractivity contribution in [2.75, 3.05) is 20.3 Å². The molecule has 1 heterocycles. The summed E-state index contributed by atoms with van der Waals surface area (Å²) in [6.45, 7) is 5.52. The summed E-state index contributed by atoms with van der Waals surface area (Å²) in [5, 5.41) is 2.92. The molecule has 0 aromatic carbocycles. The van der Waals surface area contributed by atoms with Crippen LogP contribution in [0.1, 0.15) is 30.6 Å². The van der Waals surface area contributed by atoms with Gasteiger partial charge >= 0.3 is 0 Å². The molecule has 0 unspecified atom stereocenters. The number of halogens is 1. The molecule has 0 atom stereocenters. The van der Waals surface area contributed by atoms with E-state index in [0.29, 0.717) is 18.7 Å². The molecule has 1 aromatic rings. The molecule has 0 aliphatic carbocycles. The number of nitrogens with one attached hydrogen (secondary N) is 1. The van der Waals surface area contributed by atoms with Crippen molar-refractivity contribution in [2.45, 2.75) is 20.3 Å². The molecule has 1 amide bonds. The first-order chi connectivity index (χ1) is 8.44. The monoisotopic (exact) mass is 314 g/mol. The number of methoxy groups -OCH3 is 1. The average molecular weight is 315 g/mol. The van der Waals surface area contributed by atoms with E-state index < -0.39 is 0 Å². The van der Waals surface area contributed by atoms with Crippen LogP contribution in [0.2, 0.25) is 0 Å². The number of nitrogens with zero attached hydrogens (tertiary/aromatic N) is 1. The Morgan fingerprint density at radius 2 is 2.22 bits per heavy atom. The van der Waals surface area contributed by atoms with Gasteiger partial charge in [-0.05, 0) is 39.9 Å². The first kappa shape index (κ1) is 15.1. The van der Waals surface area contributed by atoms with Gasteiger partial charge < -0.3 is 10.1 Å². The SMILES string of the molecule is COCCC(C)(C)CNC(=O)c1ccc(Br)nc1. The summed E-state index contributed by atoms with van der Waals surface area (Å²) in [6, 6.07) is 3.50. The maximum absolute atomic E-state index is 11.9. The standard InChI is InChI=1S/C13H19BrN2O2/c1-13(2,6-7-18-3)9-16-12(17)10-4-5-11(14)15-8-10/h4-5,8H,6-7,9H2,1-3H3,(H,16,17). The Morgan fingerprint density at radius 3 is 2.78 bits per heavy atom. The Balaban J connectivity index is 2.48. The summed E-state index contributed by atoms with van der Waals surface area (Å²) < 4.78 is 5.78. The highest BCUT2D eigenvalue weighted by atomic mass is 79.9. The number of amides is 1. The van der Waals surface area contributed by atoms with E-state index in [1.807, 2.05) is 0 Å². The molecule has 0 saturated carbocycles. The minimum atomic E-state index is -0.0968. The van der Waals surface area contributed by atoms with Crippen LogP contribution in [0.15, 0.2) is 22.9 Å². The van der Waals surface area contributed by atoms with Crippen LogP contribution in [0, 0.1) is 5.41 Å². The lowest BCUT2D eigenvalue weighted by Gasteiger charge is -2.24. The number of pyridine rings is 1. The molecule has 0 spiro atoms. The smallest absolute Gasteiger partial charge is 0.252 e. The normalized spacial score (nSPS) is 11.3. The molecule has 0 fully saturated rings. The lowest BCUT2D eigenvalue weighted by molar-refractivity contribution is 0.0920. The molecule has 4 nitrogen and oxygen atoms in total. The lowest BCUT2D eigenvalue weighted by Crippen LogP contribution is -2.34. The van der Waals surface area contributed by atoms with E-state index >= 15 is 0 Å². The van der Waals surface area contributed by atoms with Gasteiger partial charge in [0.15, 0.2) is 0 Å². The third-order valence-corrected chi connectivity index (χ3v) is 3.17. The second-order valence-electron chi connectivity index (χ2n) is 4.96. The Hall–Kier alpha value is -0.940. The zero-order valence-corrected chi connectivity index (χ0v) is 12.6. The van der Waals surface area contributed by atoms with E-state index in [9.17, 15) is 4.79 Å². The summed E-state index contributed by atoms with van der Waals surface area (Å²) in [5.74, 6) is -0.0968. The quantitative estimate of drug-likeness (QED) is 0.821. The van der Waals surface area contributed by atoms with Gasteiger partial charge in [-0.3, -0.25) is 4.79 Å². The van der Waals surface area contributed by atoms with Gasteiger partial charge in [-0.15, -0.1) is 0 Å². The van der Waals surface area contributed by atoms with Gasteiger partial charge in [0.1, 0.15) is 4.60 Å². The van der Waals surface area contributed by atoms with Crippen LogP contribution in [-0.2, 0) is 4.74 Å². The van der Waals surface area contributed by atoms with Crippen molar-refractivity contribution in [2.24, 2.45) is 5.41 Å². The molecular weight excluding hydrogens is 296 g/mol. The van der Waals surface area contributed by atoms with E-state index in [1.165, 1.54) is 0 Å². The summed E-state index contributed by atoms with van der Waals surface area (Å²) in [7, 11) is 1.68. The van der Waals surface area contributed by atoms with Crippen LogP contribution in [0.25, 0.3) is 0 Å². The summed E-state index contributed by atoms with van der Waals surface area (Å²) in [5.41, 5.74) is 0.592. The van der Waals surface area contributed by atoms with Crippen molar-refractivity contribution in [3.63, 3.8) is 0 Å². The first-order valence-corrected chi connectivity index (χ1v) is 6.62. The van der Waals surface area contributed by atoms with Crippen molar-refractivity contribution < 1.29 is 9.53 Å². The minimum Gasteiger partial charge on any atom is -0.385 e. The van der Waals surface area contributed by atoms with Gasteiger partial charge in [0.25, 0.3) is 5.91 Å². The highest BCUT2D eigenvalue weighted by Crippen LogP contribution is 2.18. The fourth-order valence-corrected chi connectivity index (χ4v) is 1.63. The minimum absolute atomic E-state index is 0.0223. The molecule has 0 aliphatic heterocycles. The van der Waals surface area contributed by atoms with Crippen LogP contribution in [0.5, 0.6) is 0 Å². The second-order valence-corrected chi connectivity index (χ2v) is 5.77. The Morgan fingerprint density at radius 1 is 1.50 bits per heavy atom. The lowest BCUT2D eigenvalue weighted by atomic mass is 9.89. The predicted molar refractivity (Wildman–Crippen MR) is 74.5 cm³/mol. The predicted octanol–water partition coefficient (Wildman–Crippen LogP) is 2.64. The summed E-state index contributed by atoms with van der Waals surface area (Å²) in [6.07, 6.45) is 2.46. The van der Waals surface area contributed by atoms with Gasteiger partial charge in [0, 0.05) is 26.5 Å². The second kappa shape index (κ2) is 6.85. The number of rotatable bonds is 6. The van der Waals surface area contributed by atoms with Crippen molar-refractivity contribution in [1.82, 2.24) is 10.3 Å². The fourth-order valence-electron chi connectivity index (χ4n) is 1.40. The molecule has 18 heavy (non-hydrogen) atoms. The molecular formula is C13H19BrN2O2. The molecule has 0 bridgehead atoms. The van der Waals surface area contributed by atoms with E-state index in [4.69, 9.17) is 4.74 Å². The molecule has 1 aromatic heterocycles. The molecule has 100 valence electrons. The van der Waals surface area contributed by atoms with Crippen LogP contribution in [0.4, 0.5) is 0 Å². The topological polar surface area (TPSA) is 51.2 Å². The number of hydrogen-bond donors (Lipinski definition) is 1. The summed E-state index contributed by atoms with van der Waals surface area (Å²) >= 11 is 3.24. The van der Waals surface area contributed by atoms with E-state index in [1.54, 1.807) is 25.4 Å². The fraction of sp³-hybridized carbons (Fsp3) is 0.538. The van der Waals surface area contributed by atoms with Gasteiger partial charge in [0.2, 0.25) is 0 Å². The Kier molecular flexibility index (Phi) is 5.75. The number of carbonyl (C=O) groups excluding carboxylic acids is 1. The van der Waals surface area contributed by atoms with Gasteiger partial charge in [0.05, 0.1) is 5.56 Å². The third-order valence-electron chi connectivity index (χ3n) is 2.70. The maximum atomic E-state index is 11.9. The number of hydrogen-bond acceptors (Lipinski definition) is 3. The van der Waals surface area contributed by atoms with Crippen molar-refractivity contribution in [3.8, 4) is 0 Å². The Labute approximate surface area is 116 Å². The molecule has 0 radical (unpaired) electrons. The van der Waals surface area contributed by atoms with Crippen LogP contribution in [0.3, 0.4) is 0 Å². The molecule has 5 heteroatoms. The van der Waals surface area contributed by atoms with E-state index in [0.717, 1.165) is 11.0 Å².